The van der Waals surface area contributed by atoms with Gasteiger partial charge in [-0.2, -0.15) is 0 Å². The first kappa shape index (κ1) is 79.2. The highest BCUT2D eigenvalue weighted by Crippen LogP contribution is 2.20. The van der Waals surface area contributed by atoms with Crippen LogP contribution in [0.2, 0.25) is 0 Å². The van der Waals surface area contributed by atoms with Gasteiger partial charge in [0, 0.05) is 19.3 Å². The molecule has 0 amide bonds. The van der Waals surface area contributed by atoms with Crippen LogP contribution in [0.15, 0.2) is 12.2 Å². The smallest absolute Gasteiger partial charge is 0.306 e. The quantitative estimate of drug-likeness (QED) is 0.0261. The van der Waals surface area contributed by atoms with E-state index in [1.165, 1.54) is 334 Å². The van der Waals surface area contributed by atoms with Gasteiger partial charge in [-0.25, -0.2) is 0 Å². The number of unbranched alkanes of at least 4 members (excludes halogenated alkanes) is 57. The van der Waals surface area contributed by atoms with Crippen LogP contribution in [0.25, 0.3) is 0 Å². The molecule has 6 heteroatoms. The van der Waals surface area contributed by atoms with Crippen molar-refractivity contribution in [1.29, 1.82) is 0 Å². The zero-order valence-electron chi connectivity index (χ0n) is 55.4. The summed E-state index contributed by atoms with van der Waals surface area (Å²) in [6.45, 7) is 6.72. The normalized spacial score (nSPS) is 12.0. The molecule has 0 bridgehead atoms. The number of rotatable bonds is 70. The van der Waals surface area contributed by atoms with Crippen LogP contribution < -0.4 is 0 Å². The predicted octanol–water partition coefficient (Wildman–Crippen LogP) is 25.6. The molecule has 0 radical (unpaired) electrons. The number of carbonyl (C=O) groups excluding carboxylic acids is 3. The van der Waals surface area contributed by atoms with Gasteiger partial charge in [0.15, 0.2) is 6.10 Å². The van der Waals surface area contributed by atoms with Gasteiger partial charge in [0.2, 0.25) is 0 Å². The molecule has 1 atom stereocenters. The van der Waals surface area contributed by atoms with Crippen molar-refractivity contribution < 1.29 is 28.6 Å². The Morgan fingerprint density at radius 1 is 0.235 bits per heavy atom. The highest BCUT2D eigenvalue weighted by molar-refractivity contribution is 5.71. The van der Waals surface area contributed by atoms with Crippen LogP contribution in [0.3, 0.4) is 0 Å². The zero-order chi connectivity index (χ0) is 58.5. The van der Waals surface area contributed by atoms with Crippen molar-refractivity contribution in [3.05, 3.63) is 12.2 Å². The van der Waals surface area contributed by atoms with Gasteiger partial charge < -0.3 is 14.2 Å². The van der Waals surface area contributed by atoms with Crippen molar-refractivity contribution in [2.24, 2.45) is 0 Å². The van der Waals surface area contributed by atoms with Crippen molar-refractivity contribution in [2.45, 2.75) is 438 Å². The van der Waals surface area contributed by atoms with Crippen LogP contribution in [-0.2, 0) is 28.6 Å². The van der Waals surface area contributed by atoms with Crippen molar-refractivity contribution in [2.75, 3.05) is 13.2 Å². The molecule has 0 fully saturated rings. The van der Waals surface area contributed by atoms with E-state index in [1.807, 2.05) is 0 Å². The summed E-state index contributed by atoms with van der Waals surface area (Å²) < 4.78 is 17.0. The largest absolute Gasteiger partial charge is 0.462 e. The highest BCUT2D eigenvalue weighted by atomic mass is 16.6. The van der Waals surface area contributed by atoms with E-state index >= 15 is 0 Å². The second kappa shape index (κ2) is 70.6. The van der Waals surface area contributed by atoms with Gasteiger partial charge in [-0.1, -0.05) is 380 Å². The lowest BCUT2D eigenvalue weighted by Gasteiger charge is -2.18. The molecule has 0 saturated carbocycles. The molecule has 6 nitrogen and oxygen atoms in total. The Bertz CT molecular complexity index is 1260. The standard InChI is InChI=1S/C75H144O6/c1-4-7-10-13-16-19-22-25-27-29-31-32-33-34-35-36-37-38-39-40-41-42-43-45-46-48-50-53-56-59-62-65-68-74(77)80-71-72(70-79-73(76)67-64-61-58-55-52-24-21-18-15-12-9-6-3)81-75(78)69-66-63-60-57-54-51-49-47-44-30-28-26-23-20-17-14-11-8-5-2/h26,28,72H,4-25,27,29-71H2,1-3H3/b28-26-. The lowest BCUT2D eigenvalue weighted by atomic mass is 10.0. The van der Waals surface area contributed by atoms with Crippen molar-refractivity contribution in [3.63, 3.8) is 0 Å². The second-order valence-electron chi connectivity index (χ2n) is 25.6. The van der Waals surface area contributed by atoms with Crippen LogP contribution in [0.5, 0.6) is 0 Å². The monoisotopic (exact) mass is 1140 g/mol. The van der Waals surface area contributed by atoms with Crippen molar-refractivity contribution in [3.8, 4) is 0 Å². The third-order valence-electron chi connectivity index (χ3n) is 17.3. The Hall–Kier alpha value is -1.85. The molecule has 0 spiro atoms. The van der Waals surface area contributed by atoms with Gasteiger partial charge in [-0.3, -0.25) is 14.4 Å². The van der Waals surface area contributed by atoms with Crippen LogP contribution >= 0.6 is 0 Å². The van der Waals surface area contributed by atoms with Gasteiger partial charge in [0.05, 0.1) is 0 Å². The summed E-state index contributed by atoms with van der Waals surface area (Å²) in [4.78, 5) is 38.4. The fourth-order valence-electron chi connectivity index (χ4n) is 11.7. The maximum absolute atomic E-state index is 12.9. The van der Waals surface area contributed by atoms with Gasteiger partial charge in [0.25, 0.3) is 0 Å². The molecule has 0 aromatic rings. The summed E-state index contributed by atoms with van der Waals surface area (Å²) in [6.07, 6.45) is 85.6. The molecule has 81 heavy (non-hydrogen) atoms. The average Bonchev–Trinajstić information content (AvgIpc) is 3.47. The Morgan fingerprint density at radius 2 is 0.407 bits per heavy atom. The fourth-order valence-corrected chi connectivity index (χ4v) is 11.7. The van der Waals surface area contributed by atoms with Crippen LogP contribution in [0.1, 0.15) is 432 Å². The van der Waals surface area contributed by atoms with Crippen LogP contribution in [0, 0.1) is 0 Å². The van der Waals surface area contributed by atoms with E-state index in [0.717, 1.165) is 57.8 Å². The Morgan fingerprint density at radius 3 is 0.617 bits per heavy atom. The van der Waals surface area contributed by atoms with E-state index < -0.39 is 6.10 Å². The van der Waals surface area contributed by atoms with Gasteiger partial charge in [-0.05, 0) is 44.9 Å². The van der Waals surface area contributed by atoms with E-state index in [1.54, 1.807) is 0 Å². The highest BCUT2D eigenvalue weighted by Gasteiger charge is 2.20. The van der Waals surface area contributed by atoms with E-state index in [-0.39, 0.29) is 31.1 Å². The van der Waals surface area contributed by atoms with E-state index in [2.05, 4.69) is 32.9 Å². The lowest BCUT2D eigenvalue weighted by Crippen LogP contribution is -2.30. The molecule has 480 valence electrons. The minimum absolute atomic E-state index is 0.0639. The number of hydrogen-bond donors (Lipinski definition) is 0. The first-order valence-electron chi connectivity index (χ1n) is 37.2. The molecule has 0 aliphatic rings. The Balaban J connectivity index is 4.08. The van der Waals surface area contributed by atoms with Crippen molar-refractivity contribution >= 4 is 17.9 Å². The molecule has 0 heterocycles. The SMILES string of the molecule is CCCCCCCC/C=C\CCCCCCCCCCCC(=O)OC(COC(=O)CCCCCCCCCCCCCC)COC(=O)CCCCCCCCCCCCCCCCCCCCCCCCCCCCCCCCCC. The van der Waals surface area contributed by atoms with Gasteiger partial charge in [0.1, 0.15) is 13.2 Å². The van der Waals surface area contributed by atoms with E-state index in [9.17, 15) is 14.4 Å². The summed E-state index contributed by atoms with van der Waals surface area (Å²) in [6, 6.07) is 0. The van der Waals surface area contributed by atoms with Crippen LogP contribution in [0.4, 0.5) is 0 Å². The topological polar surface area (TPSA) is 78.9 Å². The van der Waals surface area contributed by atoms with Crippen LogP contribution in [-0.4, -0.2) is 37.2 Å². The Labute approximate surface area is 507 Å². The van der Waals surface area contributed by atoms with Gasteiger partial charge in [-0.15, -0.1) is 0 Å². The molecule has 0 N–H and O–H groups in total. The average molecular weight is 1140 g/mol. The fraction of sp³-hybridized carbons (Fsp3) is 0.933. The number of allylic oxidation sites excluding steroid dienone is 2. The summed E-state index contributed by atoms with van der Waals surface area (Å²) >= 11 is 0. The predicted molar refractivity (Wildman–Crippen MR) is 353 cm³/mol. The number of esters is 3. The van der Waals surface area contributed by atoms with Gasteiger partial charge >= 0.3 is 17.9 Å². The second-order valence-corrected chi connectivity index (χ2v) is 25.6. The molecule has 0 aromatic heterocycles. The number of hydrogen-bond acceptors (Lipinski definition) is 6. The van der Waals surface area contributed by atoms with Crippen molar-refractivity contribution in [1.82, 2.24) is 0 Å². The molecule has 0 aliphatic carbocycles. The molecule has 1 unspecified atom stereocenters. The summed E-state index contributed by atoms with van der Waals surface area (Å²) in [5.74, 6) is -0.831. The molecule has 0 aromatic carbocycles. The third kappa shape index (κ3) is 68.8. The first-order valence-corrected chi connectivity index (χ1v) is 37.2. The molecule has 0 saturated heterocycles. The number of ether oxygens (including phenoxy) is 3. The zero-order valence-corrected chi connectivity index (χ0v) is 55.4. The van der Waals surface area contributed by atoms with E-state index in [0.29, 0.717) is 19.3 Å². The minimum atomic E-state index is -0.767. The maximum Gasteiger partial charge on any atom is 0.306 e. The maximum atomic E-state index is 12.9. The number of carbonyl (C=O) groups is 3. The first-order chi connectivity index (χ1) is 40.0. The lowest BCUT2D eigenvalue weighted by molar-refractivity contribution is -0.167. The summed E-state index contributed by atoms with van der Waals surface area (Å²) in [5, 5.41) is 0. The van der Waals surface area contributed by atoms with E-state index in [4.69, 9.17) is 14.2 Å². The summed E-state index contributed by atoms with van der Waals surface area (Å²) in [7, 11) is 0. The molecular weight excluding hydrogens is 997 g/mol. The molecule has 0 rings (SSSR count). The molecular formula is C75H144O6. The summed E-state index contributed by atoms with van der Waals surface area (Å²) in [5.41, 5.74) is 0. The minimum Gasteiger partial charge on any atom is -0.462 e. The third-order valence-corrected chi connectivity index (χ3v) is 17.3. The Kier molecular flexibility index (Phi) is 69.0. The molecule has 0 aliphatic heterocycles.